The van der Waals surface area contributed by atoms with Gasteiger partial charge in [0.2, 0.25) is 0 Å². The fraction of sp³-hybridized carbons (Fsp3) is 0.182. The van der Waals surface area contributed by atoms with Crippen LogP contribution >= 0.6 is 0 Å². The molecular weight excluding hydrogens is 338 g/mol. The van der Waals surface area contributed by atoms with Gasteiger partial charge in [-0.3, -0.25) is 9.59 Å². The molecule has 0 bridgehead atoms. The van der Waals surface area contributed by atoms with Gasteiger partial charge in [-0.05, 0) is 30.2 Å². The zero-order valence-electron chi connectivity index (χ0n) is 15.3. The van der Waals surface area contributed by atoms with Crippen molar-refractivity contribution in [3.63, 3.8) is 0 Å². The van der Waals surface area contributed by atoms with E-state index in [-0.39, 0.29) is 11.5 Å². The summed E-state index contributed by atoms with van der Waals surface area (Å²) < 4.78 is 1.64. The van der Waals surface area contributed by atoms with Gasteiger partial charge in [0.1, 0.15) is 0 Å². The standard InChI is InChI=1S/C22H21N3O2/c1-14(2)12-25-13-18(15-6-3-4-7-16(15)22(25)27)21(26)24-20-9-5-8-19-17(20)10-11-23-19/h3-11,13-14,23H,12H2,1-2H3,(H,24,26). The molecule has 5 heteroatoms. The Kier molecular flexibility index (Phi) is 4.28. The summed E-state index contributed by atoms with van der Waals surface area (Å²) in [5.74, 6) is 0.0748. The van der Waals surface area contributed by atoms with Crippen LogP contribution in [0.25, 0.3) is 21.7 Å². The average molecular weight is 359 g/mol. The number of aromatic amines is 1. The number of nitrogens with one attached hydrogen (secondary N) is 2. The minimum atomic E-state index is -0.225. The first-order chi connectivity index (χ1) is 13.0. The van der Waals surface area contributed by atoms with Gasteiger partial charge in [0.25, 0.3) is 11.5 Å². The van der Waals surface area contributed by atoms with Crippen molar-refractivity contribution in [2.24, 2.45) is 5.92 Å². The van der Waals surface area contributed by atoms with Crippen molar-refractivity contribution in [3.05, 3.63) is 76.8 Å². The lowest BCUT2D eigenvalue weighted by Gasteiger charge is -2.14. The number of fused-ring (bicyclic) bond motifs is 2. The molecule has 0 atom stereocenters. The van der Waals surface area contributed by atoms with Crippen LogP contribution in [0.5, 0.6) is 0 Å². The maximum absolute atomic E-state index is 13.1. The largest absolute Gasteiger partial charge is 0.361 e. The maximum Gasteiger partial charge on any atom is 0.258 e. The van der Waals surface area contributed by atoms with Crippen LogP contribution in [0, 0.1) is 5.92 Å². The molecule has 0 radical (unpaired) electrons. The van der Waals surface area contributed by atoms with E-state index >= 15 is 0 Å². The van der Waals surface area contributed by atoms with Crippen LogP contribution in [0.3, 0.4) is 0 Å². The Morgan fingerprint density at radius 3 is 2.59 bits per heavy atom. The summed E-state index contributed by atoms with van der Waals surface area (Å²) >= 11 is 0. The van der Waals surface area contributed by atoms with Gasteiger partial charge in [-0.1, -0.05) is 38.1 Å². The highest BCUT2D eigenvalue weighted by molar-refractivity contribution is 6.14. The molecule has 0 saturated heterocycles. The van der Waals surface area contributed by atoms with E-state index in [0.29, 0.717) is 28.8 Å². The van der Waals surface area contributed by atoms with Gasteiger partial charge in [-0.25, -0.2) is 0 Å². The predicted molar refractivity (Wildman–Crippen MR) is 109 cm³/mol. The number of rotatable bonds is 4. The highest BCUT2D eigenvalue weighted by Gasteiger charge is 2.16. The highest BCUT2D eigenvalue weighted by Crippen LogP contribution is 2.24. The van der Waals surface area contributed by atoms with Gasteiger partial charge in [-0.2, -0.15) is 0 Å². The number of hydrogen-bond acceptors (Lipinski definition) is 2. The summed E-state index contributed by atoms with van der Waals surface area (Å²) in [5, 5.41) is 5.18. The molecule has 0 aliphatic carbocycles. The Morgan fingerprint density at radius 1 is 1.04 bits per heavy atom. The van der Waals surface area contributed by atoms with Crippen molar-refractivity contribution >= 4 is 33.3 Å². The summed E-state index contributed by atoms with van der Waals surface area (Å²) in [5.41, 5.74) is 2.13. The van der Waals surface area contributed by atoms with E-state index in [4.69, 9.17) is 0 Å². The van der Waals surface area contributed by atoms with Crippen LogP contribution in [-0.4, -0.2) is 15.5 Å². The molecule has 136 valence electrons. The fourth-order valence-corrected chi connectivity index (χ4v) is 3.44. The first-order valence-electron chi connectivity index (χ1n) is 9.04. The Hall–Kier alpha value is -3.34. The van der Waals surface area contributed by atoms with Crippen molar-refractivity contribution in [1.29, 1.82) is 0 Å². The second kappa shape index (κ2) is 6.76. The summed E-state index contributed by atoms with van der Waals surface area (Å²) in [7, 11) is 0. The lowest BCUT2D eigenvalue weighted by Crippen LogP contribution is -2.25. The smallest absolute Gasteiger partial charge is 0.258 e. The third-order valence-electron chi connectivity index (χ3n) is 4.64. The third kappa shape index (κ3) is 3.12. The van der Waals surface area contributed by atoms with Crippen LogP contribution in [-0.2, 0) is 6.54 Å². The average Bonchev–Trinajstić information content (AvgIpc) is 3.13. The summed E-state index contributed by atoms with van der Waals surface area (Å²) in [6.07, 6.45) is 3.52. The minimum absolute atomic E-state index is 0.0661. The number of anilines is 1. The van der Waals surface area contributed by atoms with Gasteiger partial charge in [0.15, 0.2) is 0 Å². The van der Waals surface area contributed by atoms with Crippen molar-refractivity contribution in [2.45, 2.75) is 20.4 Å². The molecule has 27 heavy (non-hydrogen) atoms. The van der Waals surface area contributed by atoms with Gasteiger partial charge in [0.05, 0.1) is 11.3 Å². The molecule has 2 aromatic heterocycles. The number of carbonyl (C=O) groups excluding carboxylic acids is 1. The Labute approximate surface area is 156 Å². The molecule has 2 N–H and O–H groups in total. The van der Waals surface area contributed by atoms with E-state index in [1.807, 2.05) is 62.5 Å². The first kappa shape index (κ1) is 17.1. The molecule has 2 heterocycles. The number of hydrogen-bond donors (Lipinski definition) is 2. The van der Waals surface area contributed by atoms with Gasteiger partial charge in [0, 0.05) is 40.6 Å². The van der Waals surface area contributed by atoms with Crippen molar-refractivity contribution < 1.29 is 4.79 Å². The zero-order valence-corrected chi connectivity index (χ0v) is 15.3. The molecule has 0 saturated carbocycles. The molecule has 0 aliphatic rings. The van der Waals surface area contributed by atoms with Crippen LogP contribution < -0.4 is 10.9 Å². The Balaban J connectivity index is 1.82. The number of aromatic nitrogens is 2. The van der Waals surface area contributed by atoms with Crippen LogP contribution in [0.2, 0.25) is 0 Å². The highest BCUT2D eigenvalue weighted by atomic mass is 16.2. The van der Waals surface area contributed by atoms with Gasteiger partial charge < -0.3 is 14.9 Å². The molecule has 2 aromatic carbocycles. The lowest BCUT2D eigenvalue weighted by molar-refractivity contribution is 0.102. The summed E-state index contributed by atoms with van der Waals surface area (Å²) in [4.78, 5) is 29.0. The summed E-state index contributed by atoms with van der Waals surface area (Å²) in [6.45, 7) is 4.67. The Morgan fingerprint density at radius 2 is 1.81 bits per heavy atom. The molecule has 1 amide bonds. The SMILES string of the molecule is CC(C)Cn1cc(C(=O)Nc2cccc3[nH]ccc23)c2ccccc2c1=O. The van der Waals surface area contributed by atoms with Crippen LogP contribution in [0.1, 0.15) is 24.2 Å². The molecule has 0 spiro atoms. The van der Waals surface area contributed by atoms with E-state index in [0.717, 1.165) is 16.6 Å². The lowest BCUT2D eigenvalue weighted by atomic mass is 10.1. The molecule has 0 fully saturated rings. The van der Waals surface area contributed by atoms with Crippen molar-refractivity contribution in [2.75, 3.05) is 5.32 Å². The third-order valence-corrected chi connectivity index (χ3v) is 4.64. The topological polar surface area (TPSA) is 66.9 Å². The molecular formula is C22H21N3O2. The second-order valence-corrected chi connectivity index (χ2v) is 7.14. The van der Waals surface area contributed by atoms with Crippen molar-refractivity contribution in [1.82, 2.24) is 9.55 Å². The molecule has 0 aliphatic heterocycles. The fourth-order valence-electron chi connectivity index (χ4n) is 3.44. The summed E-state index contributed by atoms with van der Waals surface area (Å²) in [6, 6.07) is 14.9. The van der Waals surface area contributed by atoms with E-state index in [2.05, 4.69) is 10.3 Å². The monoisotopic (exact) mass is 359 g/mol. The molecule has 4 rings (SSSR count). The van der Waals surface area contributed by atoms with E-state index < -0.39 is 0 Å². The van der Waals surface area contributed by atoms with E-state index in [1.54, 1.807) is 16.8 Å². The van der Waals surface area contributed by atoms with E-state index in [1.165, 1.54) is 0 Å². The van der Waals surface area contributed by atoms with E-state index in [9.17, 15) is 9.59 Å². The number of H-pyrrole nitrogens is 1. The second-order valence-electron chi connectivity index (χ2n) is 7.14. The first-order valence-corrected chi connectivity index (χ1v) is 9.04. The molecule has 5 nitrogen and oxygen atoms in total. The number of benzene rings is 2. The normalized spacial score (nSPS) is 11.4. The Bertz CT molecular complexity index is 1200. The number of nitrogens with zero attached hydrogens (tertiary/aromatic N) is 1. The number of amides is 1. The quantitative estimate of drug-likeness (QED) is 0.567. The van der Waals surface area contributed by atoms with Crippen molar-refractivity contribution in [3.8, 4) is 0 Å². The number of carbonyl (C=O) groups is 1. The van der Waals surface area contributed by atoms with Gasteiger partial charge in [-0.15, -0.1) is 0 Å². The molecule has 4 aromatic rings. The molecule has 0 unspecified atom stereocenters. The van der Waals surface area contributed by atoms with Crippen LogP contribution in [0.15, 0.2) is 65.7 Å². The minimum Gasteiger partial charge on any atom is -0.361 e. The maximum atomic E-state index is 13.1. The van der Waals surface area contributed by atoms with Gasteiger partial charge >= 0.3 is 0 Å². The number of pyridine rings is 1. The predicted octanol–water partition coefficient (Wildman–Crippen LogP) is 4.39. The van der Waals surface area contributed by atoms with Crippen LogP contribution in [0.4, 0.5) is 5.69 Å². The zero-order chi connectivity index (χ0) is 19.0.